The van der Waals surface area contributed by atoms with Gasteiger partial charge in [-0.1, -0.05) is 40.2 Å². The first-order valence-electron chi connectivity index (χ1n) is 8.63. The molecule has 0 aliphatic carbocycles. The molecule has 0 radical (unpaired) electrons. The largest absolute Gasteiger partial charge is 0.478 e. The number of carbonyl (C=O) groups is 1. The molecule has 3 aromatic rings. The second kappa shape index (κ2) is 8.76. The Morgan fingerprint density at radius 2 is 1.87 bits per heavy atom. The van der Waals surface area contributed by atoms with Gasteiger partial charge >= 0.3 is 19.2 Å². The van der Waals surface area contributed by atoms with Crippen LogP contribution >= 0.6 is 34.9 Å². The monoisotopic (exact) mass is 532 g/mol. The van der Waals surface area contributed by atoms with Gasteiger partial charge in [0.15, 0.2) is 5.13 Å². The lowest BCUT2D eigenvalue weighted by molar-refractivity contribution is 0.0557. The highest BCUT2D eigenvalue weighted by Gasteiger charge is 2.51. The summed E-state index contributed by atoms with van der Waals surface area (Å²) in [5, 5.41) is 11.5. The third kappa shape index (κ3) is 5.02. The minimum Gasteiger partial charge on any atom is -0.478 e. The second-order valence-corrected chi connectivity index (χ2v) is 9.99. The molecule has 0 spiro atoms. The summed E-state index contributed by atoms with van der Waals surface area (Å²) >= 11 is 4.34. The normalized spacial score (nSPS) is 12.1. The van der Waals surface area contributed by atoms with E-state index in [0.717, 1.165) is 11.6 Å². The highest BCUT2D eigenvalue weighted by atomic mass is 79.9. The standard InChI is InChI=1S/C19H16BrF2N2O5PS/c1-24(9-11-2-7-14(15(20)8-11)19(21,22)30(27,28)29)18-23-16(10-31-18)12-3-5-13(6-4-12)17(25)26/h2-8,10H,9H2,1H3,(H,25,26)(H2,27,28,29). The Morgan fingerprint density at radius 3 is 2.42 bits per heavy atom. The van der Waals surface area contributed by atoms with Crippen molar-refractivity contribution in [2.45, 2.75) is 12.2 Å². The van der Waals surface area contributed by atoms with Gasteiger partial charge in [0.2, 0.25) is 0 Å². The number of aromatic carboxylic acids is 1. The van der Waals surface area contributed by atoms with Crippen molar-refractivity contribution in [3.8, 4) is 11.3 Å². The van der Waals surface area contributed by atoms with Crippen molar-refractivity contribution in [1.29, 1.82) is 0 Å². The van der Waals surface area contributed by atoms with Crippen molar-refractivity contribution >= 4 is 46.0 Å². The molecule has 3 rings (SSSR count). The summed E-state index contributed by atoms with van der Waals surface area (Å²) in [6, 6.07) is 10.1. The molecule has 31 heavy (non-hydrogen) atoms. The maximum Gasteiger partial charge on any atom is 0.399 e. The number of thiazole rings is 1. The Morgan fingerprint density at radius 1 is 1.23 bits per heavy atom. The minimum atomic E-state index is -5.66. The van der Waals surface area contributed by atoms with Gasteiger partial charge in [-0.3, -0.25) is 4.57 Å². The number of alkyl halides is 2. The average molecular weight is 533 g/mol. The van der Waals surface area contributed by atoms with Crippen LogP contribution in [0.2, 0.25) is 0 Å². The van der Waals surface area contributed by atoms with Crippen molar-refractivity contribution in [2.24, 2.45) is 0 Å². The van der Waals surface area contributed by atoms with Gasteiger partial charge in [0.05, 0.1) is 11.3 Å². The fraction of sp³-hybridized carbons (Fsp3) is 0.158. The van der Waals surface area contributed by atoms with Gasteiger partial charge in [0.1, 0.15) is 0 Å². The van der Waals surface area contributed by atoms with E-state index in [1.165, 1.54) is 35.6 Å². The minimum absolute atomic E-state index is 0.106. The van der Waals surface area contributed by atoms with Crippen LogP contribution in [-0.4, -0.2) is 32.9 Å². The Kier molecular flexibility index (Phi) is 6.64. The Hall–Kier alpha value is -2.17. The van der Waals surface area contributed by atoms with Crippen LogP contribution in [0.3, 0.4) is 0 Å². The number of hydrogen-bond donors (Lipinski definition) is 3. The van der Waals surface area contributed by atoms with Crippen LogP contribution in [0, 0.1) is 0 Å². The number of carboxylic acids is 1. The van der Waals surface area contributed by atoms with Crippen molar-refractivity contribution in [2.75, 3.05) is 11.9 Å². The molecule has 7 nitrogen and oxygen atoms in total. The maximum absolute atomic E-state index is 14.0. The smallest absolute Gasteiger partial charge is 0.399 e. The lowest BCUT2D eigenvalue weighted by atomic mass is 10.1. The van der Waals surface area contributed by atoms with Gasteiger partial charge in [-0.15, -0.1) is 11.3 Å². The first-order valence-corrected chi connectivity index (χ1v) is 11.9. The fourth-order valence-corrected chi connectivity index (χ4v) is 4.89. The molecule has 12 heteroatoms. The molecule has 0 bridgehead atoms. The maximum atomic E-state index is 14.0. The van der Waals surface area contributed by atoms with Gasteiger partial charge in [-0.05, 0) is 23.8 Å². The summed E-state index contributed by atoms with van der Waals surface area (Å²) in [6.07, 6.45) is 0. The zero-order valence-electron chi connectivity index (χ0n) is 15.9. The van der Waals surface area contributed by atoms with E-state index in [1.54, 1.807) is 24.1 Å². The van der Waals surface area contributed by atoms with E-state index in [0.29, 0.717) is 22.9 Å². The highest BCUT2D eigenvalue weighted by Crippen LogP contribution is 2.60. The summed E-state index contributed by atoms with van der Waals surface area (Å²) in [5.74, 6) is -1.01. The van der Waals surface area contributed by atoms with Crippen LogP contribution in [0.1, 0.15) is 21.5 Å². The van der Waals surface area contributed by atoms with E-state index < -0.39 is 24.8 Å². The summed E-state index contributed by atoms with van der Waals surface area (Å²) in [7, 11) is -3.89. The molecule has 0 aliphatic rings. The van der Waals surface area contributed by atoms with Crippen LogP contribution in [0.25, 0.3) is 11.3 Å². The number of aromatic nitrogens is 1. The van der Waals surface area contributed by atoms with E-state index in [-0.39, 0.29) is 10.0 Å². The molecule has 0 saturated heterocycles. The molecule has 0 amide bonds. The number of hydrogen-bond acceptors (Lipinski definition) is 5. The third-order valence-electron chi connectivity index (χ3n) is 4.39. The number of anilines is 1. The zero-order valence-corrected chi connectivity index (χ0v) is 19.2. The predicted molar refractivity (Wildman–Crippen MR) is 117 cm³/mol. The summed E-state index contributed by atoms with van der Waals surface area (Å²) in [4.78, 5) is 35.1. The van der Waals surface area contributed by atoms with E-state index in [2.05, 4.69) is 20.9 Å². The SMILES string of the molecule is CN(Cc1ccc(C(F)(F)P(=O)(O)O)c(Br)c1)c1nc(-c2ccc(C(=O)O)cc2)cs1. The van der Waals surface area contributed by atoms with E-state index in [9.17, 15) is 18.1 Å². The van der Waals surface area contributed by atoms with Crippen molar-refractivity contribution in [3.05, 3.63) is 69.0 Å². The van der Waals surface area contributed by atoms with Crippen LogP contribution in [-0.2, 0) is 16.8 Å². The molecule has 0 saturated carbocycles. The molecule has 0 aliphatic heterocycles. The quantitative estimate of drug-likeness (QED) is 0.361. The van der Waals surface area contributed by atoms with E-state index in [4.69, 9.17) is 14.9 Å². The first-order chi connectivity index (χ1) is 14.4. The lowest BCUT2D eigenvalue weighted by Gasteiger charge is -2.21. The van der Waals surface area contributed by atoms with Crippen molar-refractivity contribution < 1.29 is 33.0 Å². The van der Waals surface area contributed by atoms with Gasteiger partial charge in [-0.2, -0.15) is 8.78 Å². The highest BCUT2D eigenvalue weighted by molar-refractivity contribution is 9.10. The molecule has 0 fully saturated rings. The molecular weight excluding hydrogens is 517 g/mol. The van der Waals surface area contributed by atoms with E-state index >= 15 is 0 Å². The van der Waals surface area contributed by atoms with Crippen molar-refractivity contribution in [1.82, 2.24) is 4.98 Å². The summed E-state index contributed by atoms with van der Waals surface area (Å²) in [5.41, 5.74) is -2.85. The molecular formula is C19H16BrF2N2O5PS. The van der Waals surface area contributed by atoms with Crippen LogP contribution < -0.4 is 4.90 Å². The molecule has 3 N–H and O–H groups in total. The van der Waals surface area contributed by atoms with E-state index in [1.807, 2.05) is 5.38 Å². The molecule has 1 heterocycles. The van der Waals surface area contributed by atoms with Crippen molar-refractivity contribution in [3.63, 3.8) is 0 Å². The second-order valence-electron chi connectivity index (χ2n) is 6.65. The summed E-state index contributed by atoms with van der Waals surface area (Å²) < 4.78 is 38.9. The molecule has 0 unspecified atom stereocenters. The number of carboxylic acid groups (broad SMARTS) is 1. The summed E-state index contributed by atoms with van der Waals surface area (Å²) in [6.45, 7) is 0.311. The third-order valence-corrected chi connectivity index (χ3v) is 6.97. The molecule has 2 aromatic carbocycles. The van der Waals surface area contributed by atoms with Crippen LogP contribution in [0.4, 0.5) is 13.9 Å². The number of rotatable bonds is 7. The number of halogens is 3. The predicted octanol–water partition coefficient (Wildman–Crippen LogP) is 5.13. The number of benzene rings is 2. The van der Waals surface area contributed by atoms with Crippen LogP contribution in [0.15, 0.2) is 52.3 Å². The van der Waals surface area contributed by atoms with Gasteiger partial charge in [0.25, 0.3) is 0 Å². The number of nitrogens with zero attached hydrogens (tertiary/aromatic N) is 2. The molecule has 164 valence electrons. The fourth-order valence-electron chi connectivity index (χ4n) is 2.76. The Bertz CT molecular complexity index is 1170. The molecule has 1 aromatic heterocycles. The first kappa shape index (κ1) is 23.5. The average Bonchev–Trinajstić information content (AvgIpc) is 3.17. The topological polar surface area (TPSA) is 111 Å². The Labute approximate surface area is 188 Å². The zero-order chi connectivity index (χ0) is 23.0. The van der Waals surface area contributed by atoms with Gasteiger partial charge < -0.3 is 19.8 Å². The van der Waals surface area contributed by atoms with Crippen LogP contribution in [0.5, 0.6) is 0 Å². The van der Waals surface area contributed by atoms with Gasteiger partial charge in [-0.25, -0.2) is 9.78 Å². The lowest BCUT2D eigenvalue weighted by Crippen LogP contribution is -2.17. The molecule has 0 atom stereocenters. The van der Waals surface area contributed by atoms with Gasteiger partial charge in [0, 0.05) is 34.6 Å². The Balaban J connectivity index is 1.76.